The van der Waals surface area contributed by atoms with Crippen LogP contribution in [-0.2, 0) is 9.47 Å². The van der Waals surface area contributed by atoms with Crippen molar-refractivity contribution in [1.29, 1.82) is 0 Å². The van der Waals surface area contributed by atoms with Crippen LogP contribution in [0.3, 0.4) is 0 Å². The molecule has 3 N–H and O–H groups in total. The second-order valence-corrected chi connectivity index (χ2v) is 10.6. The Kier molecular flexibility index (Phi) is 12.3. The number of hydrogen-bond donors (Lipinski definition) is 2. The van der Waals surface area contributed by atoms with Gasteiger partial charge in [0.2, 0.25) is 0 Å². The lowest BCUT2D eigenvalue weighted by atomic mass is 9.96. The molecule has 0 aromatic heterocycles. The first-order valence-corrected chi connectivity index (χ1v) is 13.8. The molecule has 37 heavy (non-hydrogen) atoms. The standard InChI is InChI=1S/C25H39ClN4O5.C2H6/c1-5-33-22-13-21(27)20(26)12-19(22)23(31)28-14-18-16-29(10-11-34-18)15-17-6-8-30(9-7-17)24(32)35-25(2,3)4;1-2/h12-13,17-18H,5-11,14-16,27H2,1-4H3,(H,28,31);1-2H3. The largest absolute Gasteiger partial charge is 0.493 e. The maximum atomic E-state index is 12.8. The van der Waals surface area contributed by atoms with E-state index in [4.69, 9.17) is 31.5 Å². The molecule has 2 aliphatic rings. The van der Waals surface area contributed by atoms with Crippen molar-refractivity contribution in [3.05, 3.63) is 22.7 Å². The zero-order valence-corrected chi connectivity index (χ0v) is 24.0. The Morgan fingerprint density at radius 3 is 2.49 bits per heavy atom. The number of rotatable bonds is 7. The smallest absolute Gasteiger partial charge is 0.410 e. The maximum absolute atomic E-state index is 12.8. The van der Waals surface area contributed by atoms with Crippen LogP contribution in [-0.4, -0.2) is 86.0 Å². The van der Waals surface area contributed by atoms with Gasteiger partial charge in [-0.2, -0.15) is 0 Å². The van der Waals surface area contributed by atoms with Crippen LogP contribution in [0.4, 0.5) is 10.5 Å². The van der Waals surface area contributed by atoms with Crippen molar-refractivity contribution in [2.45, 2.75) is 66.1 Å². The van der Waals surface area contributed by atoms with Gasteiger partial charge in [-0.25, -0.2) is 4.79 Å². The molecule has 0 spiro atoms. The number of morpholine rings is 1. The maximum Gasteiger partial charge on any atom is 0.410 e. The number of halogens is 1. The number of likely N-dealkylation sites (tertiary alicyclic amines) is 1. The fourth-order valence-corrected chi connectivity index (χ4v) is 4.55. The summed E-state index contributed by atoms with van der Waals surface area (Å²) in [5, 5.41) is 3.26. The summed E-state index contributed by atoms with van der Waals surface area (Å²) >= 11 is 6.12. The number of benzene rings is 1. The van der Waals surface area contributed by atoms with E-state index in [-0.39, 0.29) is 18.1 Å². The molecule has 9 nitrogen and oxygen atoms in total. The Morgan fingerprint density at radius 1 is 1.19 bits per heavy atom. The number of hydrogen-bond acceptors (Lipinski definition) is 7. The lowest BCUT2D eigenvalue weighted by molar-refractivity contribution is -0.0342. The first-order valence-electron chi connectivity index (χ1n) is 13.4. The second-order valence-electron chi connectivity index (χ2n) is 10.2. The number of nitrogen functional groups attached to an aromatic ring is 1. The lowest BCUT2D eigenvalue weighted by Gasteiger charge is -2.38. The SMILES string of the molecule is CC.CCOc1cc(N)c(Cl)cc1C(=O)NCC1CN(CC2CCN(C(=O)OC(C)(C)C)CC2)CCO1. The van der Waals surface area contributed by atoms with E-state index in [0.29, 0.717) is 47.7 Å². The highest BCUT2D eigenvalue weighted by Crippen LogP contribution is 2.29. The molecule has 0 saturated carbocycles. The molecule has 2 saturated heterocycles. The van der Waals surface area contributed by atoms with Crippen LogP contribution in [0.2, 0.25) is 5.02 Å². The highest BCUT2D eigenvalue weighted by Gasteiger charge is 2.29. The zero-order chi connectivity index (χ0) is 27.6. The van der Waals surface area contributed by atoms with Gasteiger partial charge >= 0.3 is 6.09 Å². The first-order chi connectivity index (χ1) is 17.6. The number of anilines is 1. The summed E-state index contributed by atoms with van der Waals surface area (Å²) in [6, 6.07) is 3.11. The van der Waals surface area contributed by atoms with Crippen molar-refractivity contribution in [2.24, 2.45) is 5.92 Å². The number of nitrogens with one attached hydrogen (secondary N) is 1. The summed E-state index contributed by atoms with van der Waals surface area (Å²) in [6.07, 6.45) is 1.58. The predicted molar refractivity (Wildman–Crippen MR) is 147 cm³/mol. The van der Waals surface area contributed by atoms with Crippen LogP contribution in [0.25, 0.3) is 0 Å². The molecule has 1 atom stereocenters. The van der Waals surface area contributed by atoms with Crippen LogP contribution < -0.4 is 15.8 Å². The highest BCUT2D eigenvalue weighted by molar-refractivity contribution is 6.33. The Hall–Kier alpha value is -2.23. The molecule has 3 rings (SSSR count). The van der Waals surface area contributed by atoms with E-state index in [2.05, 4.69) is 10.2 Å². The van der Waals surface area contributed by atoms with Crippen molar-refractivity contribution < 1.29 is 23.8 Å². The van der Waals surface area contributed by atoms with Gasteiger partial charge in [0.15, 0.2) is 0 Å². The number of piperidine rings is 1. The molecule has 2 amide bonds. The summed E-state index contributed by atoms with van der Waals surface area (Å²) < 4.78 is 17.0. The van der Waals surface area contributed by atoms with Gasteiger partial charge in [0.25, 0.3) is 5.91 Å². The van der Waals surface area contributed by atoms with Crippen molar-refractivity contribution >= 4 is 29.3 Å². The van der Waals surface area contributed by atoms with Crippen molar-refractivity contribution in [2.75, 3.05) is 58.2 Å². The number of amides is 2. The van der Waals surface area contributed by atoms with E-state index < -0.39 is 5.60 Å². The van der Waals surface area contributed by atoms with Gasteiger partial charge in [-0.3, -0.25) is 9.69 Å². The minimum atomic E-state index is -0.475. The van der Waals surface area contributed by atoms with Crippen LogP contribution in [0, 0.1) is 5.92 Å². The summed E-state index contributed by atoms with van der Waals surface area (Å²) in [6.45, 7) is 16.9. The third kappa shape index (κ3) is 9.87. The fraction of sp³-hybridized carbons (Fsp3) is 0.704. The summed E-state index contributed by atoms with van der Waals surface area (Å²) in [5.74, 6) is 0.661. The van der Waals surface area contributed by atoms with Crippen LogP contribution in [0.1, 0.15) is 64.7 Å². The average molecular weight is 541 g/mol. The summed E-state index contributed by atoms with van der Waals surface area (Å²) in [4.78, 5) is 29.3. The van der Waals surface area contributed by atoms with E-state index >= 15 is 0 Å². The summed E-state index contributed by atoms with van der Waals surface area (Å²) in [5.41, 5.74) is 6.11. The number of nitrogens with zero attached hydrogens (tertiary/aromatic N) is 2. The number of ether oxygens (including phenoxy) is 3. The minimum Gasteiger partial charge on any atom is -0.493 e. The Morgan fingerprint density at radius 2 is 1.86 bits per heavy atom. The average Bonchev–Trinajstić information content (AvgIpc) is 2.85. The molecule has 0 bridgehead atoms. The van der Waals surface area contributed by atoms with Gasteiger partial charge in [-0.1, -0.05) is 25.4 Å². The molecule has 10 heteroatoms. The molecule has 2 fully saturated rings. The first kappa shape index (κ1) is 31.0. The third-order valence-corrected chi connectivity index (χ3v) is 6.47. The molecule has 0 aliphatic carbocycles. The van der Waals surface area contributed by atoms with Gasteiger partial charge in [-0.15, -0.1) is 0 Å². The number of nitrogens with two attached hydrogens (primary N) is 1. The molecule has 1 unspecified atom stereocenters. The van der Waals surface area contributed by atoms with E-state index in [0.717, 1.165) is 45.6 Å². The van der Waals surface area contributed by atoms with Gasteiger partial charge in [0.05, 0.1) is 35.6 Å². The van der Waals surface area contributed by atoms with Gasteiger partial charge in [0, 0.05) is 45.3 Å². The van der Waals surface area contributed by atoms with Gasteiger partial charge in [-0.05, 0) is 52.5 Å². The Labute approximate surface area is 226 Å². The van der Waals surface area contributed by atoms with E-state index in [9.17, 15) is 9.59 Å². The highest BCUT2D eigenvalue weighted by atomic mass is 35.5. The topological polar surface area (TPSA) is 106 Å². The molecule has 210 valence electrons. The Balaban J connectivity index is 0.00000235. The van der Waals surface area contributed by atoms with Crippen LogP contribution >= 0.6 is 11.6 Å². The molecule has 2 aliphatic heterocycles. The minimum absolute atomic E-state index is 0.102. The summed E-state index contributed by atoms with van der Waals surface area (Å²) in [7, 11) is 0. The monoisotopic (exact) mass is 540 g/mol. The molecule has 1 aromatic carbocycles. The number of carbonyl (C=O) groups is 2. The Bertz CT molecular complexity index is 884. The zero-order valence-electron chi connectivity index (χ0n) is 23.3. The lowest BCUT2D eigenvalue weighted by Crippen LogP contribution is -2.50. The normalized spacial score (nSPS) is 19.0. The quantitative estimate of drug-likeness (QED) is 0.493. The van der Waals surface area contributed by atoms with E-state index in [1.165, 1.54) is 6.07 Å². The van der Waals surface area contributed by atoms with Gasteiger partial charge < -0.3 is 30.2 Å². The van der Waals surface area contributed by atoms with Crippen molar-refractivity contribution in [3.63, 3.8) is 0 Å². The molecule has 2 heterocycles. The van der Waals surface area contributed by atoms with E-state index in [1.54, 1.807) is 11.0 Å². The third-order valence-electron chi connectivity index (χ3n) is 6.14. The molecular weight excluding hydrogens is 496 g/mol. The second kappa shape index (κ2) is 14.6. The number of carbonyl (C=O) groups excluding carboxylic acids is 2. The molecule has 1 aromatic rings. The van der Waals surface area contributed by atoms with Crippen molar-refractivity contribution in [3.8, 4) is 5.75 Å². The van der Waals surface area contributed by atoms with Crippen molar-refractivity contribution in [1.82, 2.24) is 15.1 Å². The molecule has 0 radical (unpaired) electrons. The van der Waals surface area contributed by atoms with Gasteiger partial charge in [0.1, 0.15) is 11.4 Å². The van der Waals surface area contributed by atoms with E-state index in [1.807, 2.05) is 41.5 Å². The van der Waals surface area contributed by atoms with Crippen LogP contribution in [0.15, 0.2) is 12.1 Å². The fourth-order valence-electron chi connectivity index (χ4n) is 4.38. The predicted octanol–water partition coefficient (Wildman–Crippen LogP) is 4.42. The van der Waals surface area contributed by atoms with Crippen LogP contribution in [0.5, 0.6) is 5.75 Å². The molecular formula is C27H45ClN4O5.